The van der Waals surface area contributed by atoms with Crippen molar-refractivity contribution in [1.82, 2.24) is 14.7 Å². The van der Waals surface area contributed by atoms with Crippen LogP contribution in [0.1, 0.15) is 43.0 Å². The maximum atomic E-state index is 12.7. The van der Waals surface area contributed by atoms with Gasteiger partial charge < -0.3 is 4.90 Å². The Kier molecular flexibility index (Phi) is 4.04. The molecule has 2 heterocycles. The molecule has 1 aromatic carbocycles. The number of amides is 1. The second-order valence-electron chi connectivity index (χ2n) is 5.55. The number of rotatable bonds is 3. The van der Waals surface area contributed by atoms with Crippen LogP contribution < -0.4 is 0 Å². The molecule has 0 aliphatic carbocycles. The third-order valence-corrected chi connectivity index (χ3v) is 4.24. The number of hydrogen-bond acceptors (Lipinski definition) is 2. The lowest BCUT2D eigenvalue weighted by Crippen LogP contribution is -2.43. The first kappa shape index (κ1) is 13.9. The minimum absolute atomic E-state index is 0.161. The molecule has 3 rings (SSSR count). The Morgan fingerprint density at radius 2 is 2.10 bits per heavy atom. The lowest BCUT2D eigenvalue weighted by molar-refractivity contribution is 0.0608. The van der Waals surface area contributed by atoms with Crippen molar-refractivity contribution in [1.29, 1.82) is 0 Å². The van der Waals surface area contributed by atoms with Gasteiger partial charge in [-0.15, -0.1) is 0 Å². The third-order valence-electron chi connectivity index (χ3n) is 4.24. The lowest BCUT2D eigenvalue weighted by Gasteiger charge is -2.35. The number of likely N-dealkylation sites (tertiary alicyclic amines) is 1. The SMILES string of the molecule is CCC1CCCCN1C(=O)c1ccc(-n2cccn2)cc1. The van der Waals surface area contributed by atoms with Gasteiger partial charge in [-0.3, -0.25) is 4.79 Å². The van der Waals surface area contributed by atoms with Crippen molar-refractivity contribution in [3.8, 4) is 5.69 Å². The van der Waals surface area contributed by atoms with Crippen LogP contribution in [-0.4, -0.2) is 33.2 Å². The smallest absolute Gasteiger partial charge is 0.254 e. The van der Waals surface area contributed by atoms with E-state index in [2.05, 4.69) is 12.0 Å². The summed E-state index contributed by atoms with van der Waals surface area (Å²) in [6.45, 7) is 3.05. The van der Waals surface area contributed by atoms with Gasteiger partial charge in [0.15, 0.2) is 0 Å². The summed E-state index contributed by atoms with van der Waals surface area (Å²) in [7, 11) is 0. The first-order valence-electron chi connectivity index (χ1n) is 7.70. The molecule has 0 bridgehead atoms. The van der Waals surface area contributed by atoms with Gasteiger partial charge in [-0.1, -0.05) is 6.92 Å². The van der Waals surface area contributed by atoms with E-state index in [0.29, 0.717) is 6.04 Å². The van der Waals surface area contributed by atoms with E-state index in [-0.39, 0.29) is 5.91 Å². The Morgan fingerprint density at radius 3 is 2.76 bits per heavy atom. The predicted octanol–water partition coefficient (Wildman–Crippen LogP) is 3.28. The molecular formula is C17H21N3O. The summed E-state index contributed by atoms with van der Waals surface area (Å²) >= 11 is 0. The number of benzene rings is 1. The van der Waals surface area contributed by atoms with Gasteiger partial charge in [0, 0.05) is 30.5 Å². The molecule has 1 aliphatic heterocycles. The van der Waals surface area contributed by atoms with Crippen molar-refractivity contribution in [3.63, 3.8) is 0 Å². The normalized spacial score (nSPS) is 18.7. The van der Waals surface area contributed by atoms with Crippen molar-refractivity contribution in [2.45, 2.75) is 38.6 Å². The van der Waals surface area contributed by atoms with E-state index >= 15 is 0 Å². The zero-order valence-electron chi connectivity index (χ0n) is 12.4. The average molecular weight is 283 g/mol. The van der Waals surface area contributed by atoms with Crippen molar-refractivity contribution < 1.29 is 4.79 Å². The van der Waals surface area contributed by atoms with Crippen LogP contribution in [-0.2, 0) is 0 Å². The van der Waals surface area contributed by atoms with Crippen LogP contribution >= 0.6 is 0 Å². The van der Waals surface area contributed by atoms with Crippen LogP contribution in [0, 0.1) is 0 Å². The summed E-state index contributed by atoms with van der Waals surface area (Å²) in [6.07, 6.45) is 8.17. The zero-order chi connectivity index (χ0) is 14.7. The molecule has 21 heavy (non-hydrogen) atoms. The summed E-state index contributed by atoms with van der Waals surface area (Å²) in [6, 6.07) is 9.99. The van der Waals surface area contributed by atoms with Crippen LogP contribution in [0.25, 0.3) is 5.69 Å². The van der Waals surface area contributed by atoms with E-state index in [1.165, 1.54) is 6.42 Å². The highest BCUT2D eigenvalue weighted by atomic mass is 16.2. The van der Waals surface area contributed by atoms with E-state index < -0.39 is 0 Å². The topological polar surface area (TPSA) is 38.1 Å². The molecule has 1 aromatic heterocycles. The summed E-state index contributed by atoms with van der Waals surface area (Å²) in [5, 5.41) is 4.20. The van der Waals surface area contributed by atoms with Gasteiger partial charge in [-0.2, -0.15) is 5.10 Å². The fourth-order valence-corrected chi connectivity index (χ4v) is 3.04. The van der Waals surface area contributed by atoms with E-state index in [4.69, 9.17) is 0 Å². The molecule has 1 amide bonds. The summed E-state index contributed by atoms with van der Waals surface area (Å²) in [4.78, 5) is 14.7. The van der Waals surface area contributed by atoms with E-state index in [1.807, 2.05) is 41.4 Å². The molecular weight excluding hydrogens is 262 g/mol. The number of aromatic nitrogens is 2. The highest BCUT2D eigenvalue weighted by Gasteiger charge is 2.25. The Morgan fingerprint density at radius 1 is 1.29 bits per heavy atom. The molecule has 110 valence electrons. The quantitative estimate of drug-likeness (QED) is 0.867. The van der Waals surface area contributed by atoms with Crippen molar-refractivity contribution in [2.24, 2.45) is 0 Å². The molecule has 0 radical (unpaired) electrons. The van der Waals surface area contributed by atoms with Crippen LogP contribution in [0.4, 0.5) is 0 Å². The van der Waals surface area contributed by atoms with Gasteiger partial charge in [-0.05, 0) is 56.0 Å². The molecule has 1 aliphatic rings. The fraction of sp³-hybridized carbons (Fsp3) is 0.412. The highest BCUT2D eigenvalue weighted by Crippen LogP contribution is 2.22. The van der Waals surface area contributed by atoms with Crippen LogP contribution in [0.3, 0.4) is 0 Å². The van der Waals surface area contributed by atoms with E-state index in [1.54, 1.807) is 10.9 Å². The molecule has 0 saturated carbocycles. The van der Waals surface area contributed by atoms with Gasteiger partial charge in [0.2, 0.25) is 0 Å². The number of nitrogens with zero attached hydrogens (tertiary/aromatic N) is 3. The van der Waals surface area contributed by atoms with E-state index in [0.717, 1.165) is 37.1 Å². The molecule has 1 saturated heterocycles. The van der Waals surface area contributed by atoms with Gasteiger partial charge >= 0.3 is 0 Å². The molecule has 1 fully saturated rings. The number of piperidine rings is 1. The molecule has 4 nitrogen and oxygen atoms in total. The summed E-state index contributed by atoms with van der Waals surface area (Å²) < 4.78 is 1.80. The first-order valence-corrected chi connectivity index (χ1v) is 7.70. The highest BCUT2D eigenvalue weighted by molar-refractivity contribution is 5.94. The van der Waals surface area contributed by atoms with Crippen LogP contribution in [0.5, 0.6) is 0 Å². The van der Waals surface area contributed by atoms with Gasteiger partial charge in [0.05, 0.1) is 5.69 Å². The number of carbonyl (C=O) groups is 1. The molecule has 1 unspecified atom stereocenters. The molecule has 2 aromatic rings. The van der Waals surface area contributed by atoms with Gasteiger partial charge in [0.1, 0.15) is 0 Å². The van der Waals surface area contributed by atoms with Crippen molar-refractivity contribution in [2.75, 3.05) is 6.54 Å². The molecule has 0 spiro atoms. The third kappa shape index (κ3) is 2.84. The fourth-order valence-electron chi connectivity index (χ4n) is 3.04. The zero-order valence-corrected chi connectivity index (χ0v) is 12.4. The Bertz CT molecular complexity index is 589. The largest absolute Gasteiger partial charge is 0.336 e. The lowest BCUT2D eigenvalue weighted by atomic mass is 9.99. The second kappa shape index (κ2) is 6.12. The second-order valence-corrected chi connectivity index (χ2v) is 5.55. The maximum Gasteiger partial charge on any atom is 0.254 e. The van der Waals surface area contributed by atoms with Gasteiger partial charge in [0.25, 0.3) is 5.91 Å². The van der Waals surface area contributed by atoms with Gasteiger partial charge in [-0.25, -0.2) is 4.68 Å². The Balaban J connectivity index is 1.78. The molecule has 0 N–H and O–H groups in total. The molecule has 4 heteroatoms. The molecule has 1 atom stereocenters. The summed E-state index contributed by atoms with van der Waals surface area (Å²) in [5.41, 5.74) is 1.74. The van der Waals surface area contributed by atoms with Crippen LogP contribution in [0.2, 0.25) is 0 Å². The maximum absolute atomic E-state index is 12.7. The average Bonchev–Trinajstić information content (AvgIpc) is 3.09. The number of hydrogen-bond donors (Lipinski definition) is 0. The van der Waals surface area contributed by atoms with E-state index in [9.17, 15) is 4.79 Å². The number of carbonyl (C=O) groups excluding carboxylic acids is 1. The monoisotopic (exact) mass is 283 g/mol. The van der Waals surface area contributed by atoms with Crippen molar-refractivity contribution in [3.05, 3.63) is 48.3 Å². The Labute approximate surface area is 125 Å². The Hall–Kier alpha value is -2.10. The van der Waals surface area contributed by atoms with Crippen LogP contribution in [0.15, 0.2) is 42.7 Å². The predicted molar refractivity (Wildman–Crippen MR) is 82.5 cm³/mol. The van der Waals surface area contributed by atoms with Crippen molar-refractivity contribution >= 4 is 5.91 Å². The minimum atomic E-state index is 0.161. The standard InChI is InChI=1S/C17H21N3O/c1-2-15-6-3-4-12-19(15)17(21)14-7-9-16(10-8-14)20-13-5-11-18-20/h5,7-11,13,15H,2-4,6,12H2,1H3. The summed E-state index contributed by atoms with van der Waals surface area (Å²) in [5.74, 6) is 0.161. The minimum Gasteiger partial charge on any atom is -0.336 e. The first-order chi connectivity index (χ1) is 10.3.